The zero-order valence-electron chi connectivity index (χ0n) is 14.7. The number of imidazole rings is 1. The Balaban J connectivity index is 2.43. The summed E-state index contributed by atoms with van der Waals surface area (Å²) in [7, 11) is 0. The molecule has 0 spiro atoms. The molecule has 1 N–H and O–H groups in total. The fraction of sp³-hybridized carbons (Fsp3) is 0.765. The Morgan fingerprint density at radius 1 is 1.27 bits per heavy atom. The minimum Gasteiger partial charge on any atom is -0.355 e. The Kier molecular flexibility index (Phi) is 8.61. The fourth-order valence-electron chi connectivity index (χ4n) is 2.27. The molecule has 0 saturated carbocycles. The van der Waals surface area contributed by atoms with Crippen LogP contribution in [-0.2, 0) is 11.3 Å². The molecule has 1 amide bonds. The standard InChI is InChI=1S/C17H31N3OS/c1-6-7-8-9-10-18-16(21)12-22-17-19-14(4)15(5)20(17)11-13(2)3/h13H,6-12H2,1-5H3,(H,18,21). The first-order valence-corrected chi connectivity index (χ1v) is 9.37. The number of amides is 1. The van der Waals surface area contributed by atoms with E-state index >= 15 is 0 Å². The number of aromatic nitrogens is 2. The monoisotopic (exact) mass is 325 g/mol. The van der Waals surface area contributed by atoms with Gasteiger partial charge in [0.1, 0.15) is 0 Å². The third-order valence-corrected chi connectivity index (χ3v) is 4.63. The summed E-state index contributed by atoms with van der Waals surface area (Å²) in [5.74, 6) is 1.12. The largest absolute Gasteiger partial charge is 0.355 e. The molecule has 0 saturated heterocycles. The second kappa shape index (κ2) is 9.93. The highest BCUT2D eigenvalue weighted by atomic mass is 32.2. The van der Waals surface area contributed by atoms with Gasteiger partial charge >= 0.3 is 0 Å². The molecule has 1 rings (SSSR count). The number of thioether (sulfide) groups is 1. The first-order chi connectivity index (χ1) is 10.5. The van der Waals surface area contributed by atoms with Gasteiger partial charge in [0.2, 0.25) is 5.91 Å². The molecule has 22 heavy (non-hydrogen) atoms. The molecule has 0 unspecified atom stereocenters. The molecule has 0 bridgehead atoms. The topological polar surface area (TPSA) is 46.9 Å². The summed E-state index contributed by atoms with van der Waals surface area (Å²) in [4.78, 5) is 16.5. The van der Waals surface area contributed by atoms with Crippen molar-refractivity contribution in [3.05, 3.63) is 11.4 Å². The van der Waals surface area contributed by atoms with Crippen molar-refractivity contribution in [2.24, 2.45) is 5.92 Å². The van der Waals surface area contributed by atoms with E-state index in [9.17, 15) is 4.79 Å². The predicted molar refractivity (Wildman–Crippen MR) is 94.4 cm³/mol. The number of hydrogen-bond donors (Lipinski definition) is 1. The van der Waals surface area contributed by atoms with Gasteiger partial charge < -0.3 is 9.88 Å². The van der Waals surface area contributed by atoms with Gasteiger partial charge in [-0.25, -0.2) is 4.98 Å². The minimum atomic E-state index is 0.107. The molecule has 0 aliphatic rings. The average Bonchev–Trinajstić information content (AvgIpc) is 2.72. The lowest BCUT2D eigenvalue weighted by Crippen LogP contribution is -2.26. The normalized spacial score (nSPS) is 11.2. The van der Waals surface area contributed by atoms with Crippen molar-refractivity contribution in [2.45, 2.75) is 72.0 Å². The van der Waals surface area contributed by atoms with E-state index in [0.717, 1.165) is 30.4 Å². The van der Waals surface area contributed by atoms with Crippen LogP contribution >= 0.6 is 11.8 Å². The molecule has 4 nitrogen and oxygen atoms in total. The predicted octanol–water partition coefficient (Wildman–Crippen LogP) is 3.94. The summed E-state index contributed by atoms with van der Waals surface area (Å²) < 4.78 is 2.24. The van der Waals surface area contributed by atoms with Crippen molar-refractivity contribution in [1.29, 1.82) is 0 Å². The van der Waals surface area contributed by atoms with Crippen molar-refractivity contribution in [1.82, 2.24) is 14.9 Å². The fourth-order valence-corrected chi connectivity index (χ4v) is 3.21. The van der Waals surface area contributed by atoms with Crippen LogP contribution in [-0.4, -0.2) is 27.8 Å². The van der Waals surface area contributed by atoms with Crippen LogP contribution in [0.15, 0.2) is 5.16 Å². The summed E-state index contributed by atoms with van der Waals surface area (Å²) in [5, 5.41) is 3.96. The molecule has 126 valence electrons. The van der Waals surface area contributed by atoms with E-state index in [-0.39, 0.29) is 5.91 Å². The van der Waals surface area contributed by atoms with Crippen LogP contribution in [0.4, 0.5) is 0 Å². The molecule has 0 aromatic carbocycles. The first kappa shape index (κ1) is 19.1. The van der Waals surface area contributed by atoms with Crippen molar-refractivity contribution in [3.63, 3.8) is 0 Å². The van der Waals surface area contributed by atoms with Crippen molar-refractivity contribution < 1.29 is 4.79 Å². The van der Waals surface area contributed by atoms with E-state index in [1.54, 1.807) is 11.8 Å². The maximum Gasteiger partial charge on any atom is 0.230 e. The quantitative estimate of drug-likeness (QED) is 0.523. The first-order valence-electron chi connectivity index (χ1n) is 8.38. The second-order valence-electron chi connectivity index (χ2n) is 6.27. The van der Waals surface area contributed by atoms with Crippen molar-refractivity contribution >= 4 is 17.7 Å². The summed E-state index contributed by atoms with van der Waals surface area (Å²) in [6.45, 7) is 12.5. The number of unbranched alkanes of at least 4 members (excludes halogenated alkanes) is 3. The van der Waals surface area contributed by atoms with Gasteiger partial charge in [-0.3, -0.25) is 4.79 Å². The Morgan fingerprint density at radius 3 is 2.64 bits per heavy atom. The van der Waals surface area contributed by atoms with Gasteiger partial charge in [-0.05, 0) is 26.2 Å². The Morgan fingerprint density at radius 2 is 2.00 bits per heavy atom. The number of rotatable bonds is 10. The van der Waals surface area contributed by atoms with E-state index < -0.39 is 0 Å². The highest BCUT2D eigenvalue weighted by Gasteiger charge is 2.14. The smallest absolute Gasteiger partial charge is 0.230 e. The molecule has 5 heteroatoms. The zero-order valence-corrected chi connectivity index (χ0v) is 15.6. The Labute approximate surface area is 139 Å². The molecule has 0 aliphatic carbocycles. The maximum absolute atomic E-state index is 11.9. The molecule has 0 radical (unpaired) electrons. The summed E-state index contributed by atoms with van der Waals surface area (Å²) in [6.07, 6.45) is 4.74. The van der Waals surface area contributed by atoms with Crippen LogP contribution in [0.1, 0.15) is 57.8 Å². The van der Waals surface area contributed by atoms with Crippen LogP contribution in [0.2, 0.25) is 0 Å². The van der Waals surface area contributed by atoms with Gasteiger partial charge in [0, 0.05) is 18.8 Å². The van der Waals surface area contributed by atoms with Gasteiger partial charge in [0.15, 0.2) is 5.16 Å². The van der Waals surface area contributed by atoms with Crippen molar-refractivity contribution in [3.8, 4) is 0 Å². The number of carbonyl (C=O) groups excluding carboxylic acids is 1. The van der Waals surface area contributed by atoms with E-state index in [1.807, 2.05) is 6.92 Å². The Bertz CT molecular complexity index is 469. The highest BCUT2D eigenvalue weighted by Crippen LogP contribution is 2.22. The second-order valence-corrected chi connectivity index (χ2v) is 7.21. The molecule has 0 fully saturated rings. The molecular formula is C17H31N3OS. The summed E-state index contributed by atoms with van der Waals surface area (Å²) in [6, 6.07) is 0. The summed E-state index contributed by atoms with van der Waals surface area (Å²) in [5.41, 5.74) is 2.26. The van der Waals surface area contributed by atoms with Gasteiger partial charge in [0.05, 0.1) is 11.4 Å². The number of carbonyl (C=O) groups is 1. The van der Waals surface area contributed by atoms with Gasteiger partial charge in [-0.15, -0.1) is 0 Å². The highest BCUT2D eigenvalue weighted by molar-refractivity contribution is 7.99. The van der Waals surface area contributed by atoms with Crippen LogP contribution in [0.5, 0.6) is 0 Å². The average molecular weight is 326 g/mol. The zero-order chi connectivity index (χ0) is 16.5. The SMILES string of the molecule is CCCCCCNC(=O)CSc1nc(C)c(C)n1CC(C)C. The van der Waals surface area contributed by atoms with Gasteiger partial charge in [-0.2, -0.15) is 0 Å². The number of hydrogen-bond acceptors (Lipinski definition) is 3. The van der Waals surface area contributed by atoms with Crippen LogP contribution in [0, 0.1) is 19.8 Å². The van der Waals surface area contributed by atoms with Crippen molar-refractivity contribution in [2.75, 3.05) is 12.3 Å². The van der Waals surface area contributed by atoms with Crippen LogP contribution < -0.4 is 5.32 Å². The molecule has 1 aromatic heterocycles. The molecule has 1 heterocycles. The lowest BCUT2D eigenvalue weighted by molar-refractivity contribution is -0.118. The van der Waals surface area contributed by atoms with E-state index in [4.69, 9.17) is 0 Å². The van der Waals surface area contributed by atoms with E-state index in [1.165, 1.54) is 25.0 Å². The molecule has 1 aromatic rings. The minimum absolute atomic E-state index is 0.107. The lowest BCUT2D eigenvalue weighted by Gasteiger charge is -2.12. The molecular weight excluding hydrogens is 294 g/mol. The Hall–Kier alpha value is -0.970. The summed E-state index contributed by atoms with van der Waals surface area (Å²) >= 11 is 1.54. The third kappa shape index (κ3) is 6.42. The number of nitrogens with one attached hydrogen (secondary N) is 1. The van der Waals surface area contributed by atoms with Crippen LogP contribution in [0.3, 0.4) is 0 Å². The number of aryl methyl sites for hydroxylation is 1. The van der Waals surface area contributed by atoms with Gasteiger partial charge in [0.25, 0.3) is 0 Å². The molecule has 0 atom stereocenters. The van der Waals surface area contributed by atoms with Crippen LogP contribution in [0.25, 0.3) is 0 Å². The molecule has 0 aliphatic heterocycles. The lowest BCUT2D eigenvalue weighted by atomic mass is 10.2. The van der Waals surface area contributed by atoms with E-state index in [0.29, 0.717) is 11.7 Å². The van der Waals surface area contributed by atoms with Gasteiger partial charge in [-0.1, -0.05) is 51.8 Å². The maximum atomic E-state index is 11.9. The number of nitrogens with zero attached hydrogens (tertiary/aromatic N) is 2. The van der Waals surface area contributed by atoms with E-state index in [2.05, 4.69) is 42.6 Å². The third-order valence-electron chi connectivity index (χ3n) is 3.66.